The van der Waals surface area contributed by atoms with Crippen molar-refractivity contribution in [1.29, 1.82) is 0 Å². The number of carboxylic acids is 1. The van der Waals surface area contributed by atoms with E-state index in [1.807, 2.05) is 0 Å². The molecule has 1 aliphatic rings. The Kier molecular flexibility index (Phi) is 2.28. The smallest absolute Gasteiger partial charge is 0.325 e. The fourth-order valence-corrected chi connectivity index (χ4v) is 1.23. The summed E-state index contributed by atoms with van der Waals surface area (Å²) in [5, 5.41) is 8.56. The molecule has 0 amide bonds. The molecule has 68 valence electrons. The number of carbonyl (C=O) groups excluding carboxylic acids is 1. The fraction of sp³-hybridized carbons (Fsp3) is 0.714. The maximum atomic E-state index is 11.0. The van der Waals surface area contributed by atoms with E-state index >= 15 is 0 Å². The Labute approximate surface area is 74.5 Å². The zero-order valence-corrected chi connectivity index (χ0v) is 7.30. The highest BCUT2D eigenvalue weighted by atomic mass is 35.5. The van der Waals surface area contributed by atoms with Gasteiger partial charge in [-0.2, -0.15) is 0 Å². The van der Waals surface area contributed by atoms with Crippen molar-refractivity contribution in [3.63, 3.8) is 0 Å². The molecule has 1 N–H and O–H groups in total. The number of hydrogen-bond donors (Lipinski definition) is 1. The lowest BCUT2D eigenvalue weighted by Gasteiger charge is -2.02. The van der Waals surface area contributed by atoms with Crippen LogP contribution in [0.2, 0.25) is 0 Å². The van der Waals surface area contributed by atoms with Crippen LogP contribution in [0.25, 0.3) is 0 Å². The molecule has 0 aromatic heterocycles. The van der Waals surface area contributed by atoms with E-state index in [-0.39, 0.29) is 13.0 Å². The minimum absolute atomic E-state index is 0.169. The van der Waals surface area contributed by atoms with Crippen molar-refractivity contribution in [2.75, 3.05) is 6.61 Å². The van der Waals surface area contributed by atoms with Crippen molar-refractivity contribution >= 4 is 23.5 Å². The van der Waals surface area contributed by atoms with Gasteiger partial charge in [-0.1, -0.05) is 0 Å². The van der Waals surface area contributed by atoms with Crippen LogP contribution in [0.5, 0.6) is 0 Å². The summed E-state index contributed by atoms with van der Waals surface area (Å²) < 4.78 is 4.62. The van der Waals surface area contributed by atoms with Gasteiger partial charge >= 0.3 is 11.9 Å². The summed E-state index contributed by atoms with van der Waals surface area (Å²) in [5.74, 6) is -2.34. The van der Waals surface area contributed by atoms with Crippen LogP contribution in [0.15, 0.2) is 0 Å². The molecule has 0 aromatic carbocycles. The molecule has 0 heterocycles. The van der Waals surface area contributed by atoms with Gasteiger partial charge in [0.15, 0.2) is 4.87 Å². The van der Waals surface area contributed by atoms with Crippen LogP contribution in [0.1, 0.15) is 13.3 Å². The Morgan fingerprint density at radius 2 is 2.33 bits per heavy atom. The number of rotatable bonds is 3. The second-order valence-corrected chi connectivity index (χ2v) is 3.35. The lowest BCUT2D eigenvalue weighted by molar-refractivity contribution is -0.147. The van der Waals surface area contributed by atoms with E-state index in [4.69, 9.17) is 16.7 Å². The molecule has 0 aromatic rings. The molecule has 1 rings (SSSR count). The van der Waals surface area contributed by atoms with E-state index in [1.54, 1.807) is 6.92 Å². The third-order valence-electron chi connectivity index (χ3n) is 1.82. The molecule has 12 heavy (non-hydrogen) atoms. The highest BCUT2D eigenvalue weighted by molar-refractivity contribution is 6.38. The summed E-state index contributed by atoms with van der Waals surface area (Å²) in [6, 6.07) is 0. The predicted octanol–water partition coefficient (Wildman–Crippen LogP) is 0.632. The van der Waals surface area contributed by atoms with Gasteiger partial charge in [0.2, 0.25) is 0 Å². The van der Waals surface area contributed by atoms with Gasteiger partial charge in [-0.3, -0.25) is 9.59 Å². The molecule has 1 aliphatic carbocycles. The average Bonchev–Trinajstić information content (AvgIpc) is 2.65. The van der Waals surface area contributed by atoms with E-state index in [0.29, 0.717) is 0 Å². The standard InChI is InChI=1S/C7H9ClO4/c1-2-12-5(9)4-3-7(4,8)6(10)11/h4H,2-3H2,1H3,(H,10,11). The van der Waals surface area contributed by atoms with Crippen molar-refractivity contribution in [2.24, 2.45) is 5.92 Å². The Morgan fingerprint density at radius 1 is 1.75 bits per heavy atom. The van der Waals surface area contributed by atoms with Crippen LogP contribution in [0.4, 0.5) is 0 Å². The Hall–Kier alpha value is -0.770. The number of alkyl halides is 1. The molecule has 0 bridgehead atoms. The van der Waals surface area contributed by atoms with Crippen LogP contribution in [-0.4, -0.2) is 28.5 Å². The number of carbonyl (C=O) groups is 2. The molecule has 4 nitrogen and oxygen atoms in total. The van der Waals surface area contributed by atoms with Crippen molar-refractivity contribution in [2.45, 2.75) is 18.2 Å². The third kappa shape index (κ3) is 1.39. The van der Waals surface area contributed by atoms with Gasteiger partial charge in [0.05, 0.1) is 12.5 Å². The molecule has 1 fully saturated rings. The fourth-order valence-electron chi connectivity index (χ4n) is 0.987. The summed E-state index contributed by atoms with van der Waals surface area (Å²) in [6.07, 6.45) is 0.169. The van der Waals surface area contributed by atoms with Crippen molar-refractivity contribution < 1.29 is 19.4 Å². The van der Waals surface area contributed by atoms with E-state index < -0.39 is 22.7 Å². The van der Waals surface area contributed by atoms with Crippen molar-refractivity contribution in [3.05, 3.63) is 0 Å². The molecule has 0 saturated heterocycles. The minimum Gasteiger partial charge on any atom is -0.480 e. The third-order valence-corrected chi connectivity index (χ3v) is 2.40. The van der Waals surface area contributed by atoms with Crippen molar-refractivity contribution in [1.82, 2.24) is 0 Å². The van der Waals surface area contributed by atoms with Crippen molar-refractivity contribution in [3.8, 4) is 0 Å². The first-order chi connectivity index (χ1) is 5.52. The summed E-state index contributed by atoms with van der Waals surface area (Å²) >= 11 is 5.58. The van der Waals surface area contributed by atoms with Gasteiger partial charge < -0.3 is 9.84 Å². The first kappa shape index (κ1) is 9.32. The first-order valence-corrected chi connectivity index (χ1v) is 3.99. The average molecular weight is 193 g/mol. The van der Waals surface area contributed by atoms with E-state index in [2.05, 4.69) is 4.74 Å². The second-order valence-electron chi connectivity index (χ2n) is 2.68. The van der Waals surface area contributed by atoms with Gasteiger partial charge in [-0.05, 0) is 13.3 Å². The largest absolute Gasteiger partial charge is 0.480 e. The van der Waals surface area contributed by atoms with Crippen LogP contribution in [-0.2, 0) is 14.3 Å². The molecule has 2 atom stereocenters. The number of esters is 1. The van der Waals surface area contributed by atoms with Crippen LogP contribution in [0, 0.1) is 5.92 Å². The summed E-state index contributed by atoms with van der Waals surface area (Å²) in [4.78, 5) is 20.0. The highest BCUT2D eigenvalue weighted by Gasteiger charge is 2.64. The number of carboxylic acid groups (broad SMARTS) is 1. The molecule has 0 aliphatic heterocycles. The maximum absolute atomic E-state index is 11.0. The second kappa shape index (κ2) is 2.94. The van der Waals surface area contributed by atoms with Gasteiger partial charge in [0, 0.05) is 0 Å². The Balaban J connectivity index is 2.51. The first-order valence-electron chi connectivity index (χ1n) is 3.61. The van der Waals surface area contributed by atoms with Crippen LogP contribution < -0.4 is 0 Å². The summed E-state index contributed by atoms with van der Waals surface area (Å²) in [6.45, 7) is 1.92. The van der Waals surface area contributed by atoms with Gasteiger partial charge in [0.1, 0.15) is 0 Å². The zero-order valence-electron chi connectivity index (χ0n) is 6.54. The Morgan fingerprint density at radius 3 is 2.67 bits per heavy atom. The van der Waals surface area contributed by atoms with E-state index in [1.165, 1.54) is 0 Å². The number of aliphatic carboxylic acids is 1. The molecule has 2 unspecified atom stereocenters. The summed E-state index contributed by atoms with van der Waals surface area (Å²) in [7, 11) is 0. The normalized spacial score (nSPS) is 32.7. The predicted molar refractivity (Wildman–Crippen MR) is 41.0 cm³/mol. The molecule has 1 saturated carbocycles. The number of halogens is 1. The molecule has 5 heteroatoms. The van der Waals surface area contributed by atoms with Gasteiger partial charge in [0.25, 0.3) is 0 Å². The molecular formula is C7H9ClO4. The molecular weight excluding hydrogens is 184 g/mol. The van der Waals surface area contributed by atoms with Crippen LogP contribution in [0.3, 0.4) is 0 Å². The highest BCUT2D eigenvalue weighted by Crippen LogP contribution is 2.50. The van der Waals surface area contributed by atoms with E-state index in [0.717, 1.165) is 0 Å². The van der Waals surface area contributed by atoms with Crippen LogP contribution >= 0.6 is 11.6 Å². The quantitative estimate of drug-likeness (QED) is 0.526. The van der Waals surface area contributed by atoms with E-state index in [9.17, 15) is 9.59 Å². The zero-order chi connectivity index (χ0) is 9.35. The maximum Gasteiger partial charge on any atom is 0.325 e. The van der Waals surface area contributed by atoms with Gasteiger partial charge in [-0.15, -0.1) is 11.6 Å². The number of ether oxygens (including phenoxy) is 1. The lowest BCUT2D eigenvalue weighted by atomic mass is 10.3. The monoisotopic (exact) mass is 192 g/mol. The van der Waals surface area contributed by atoms with Gasteiger partial charge in [-0.25, -0.2) is 0 Å². The Bertz CT molecular complexity index is 227. The summed E-state index contributed by atoms with van der Waals surface area (Å²) in [5.41, 5.74) is 0. The topological polar surface area (TPSA) is 63.6 Å². The number of hydrogen-bond acceptors (Lipinski definition) is 3. The minimum atomic E-state index is -1.40. The molecule has 0 radical (unpaired) electrons. The SMILES string of the molecule is CCOC(=O)C1CC1(Cl)C(=O)O. The lowest BCUT2D eigenvalue weighted by Crippen LogP contribution is -2.22. The molecule has 0 spiro atoms.